The molecule has 1 aromatic heterocycles. The van der Waals surface area contributed by atoms with Crippen molar-refractivity contribution in [3.8, 4) is 17.5 Å². The lowest BCUT2D eigenvalue weighted by Crippen LogP contribution is -2.31. The van der Waals surface area contributed by atoms with Crippen LogP contribution in [0, 0.1) is 15.3 Å². The Morgan fingerprint density at radius 2 is 1.88 bits per heavy atom. The molecule has 0 radical (unpaired) electrons. The van der Waals surface area contributed by atoms with E-state index in [0.29, 0.717) is 0 Å². The number of methoxy groups -OCH3 is 3. The SMILES string of the molecule is COc1cc(OC)[n+]([O-])c(OC)c1[N+](=O)[O-]. The first-order valence-corrected chi connectivity index (χ1v) is 4.13. The molecule has 0 aliphatic heterocycles. The maximum Gasteiger partial charge on any atom is 0.466 e. The van der Waals surface area contributed by atoms with Crippen LogP contribution >= 0.6 is 0 Å². The van der Waals surface area contributed by atoms with Gasteiger partial charge in [-0.05, 0) is 0 Å². The first-order valence-electron chi connectivity index (χ1n) is 4.13. The Kier molecular flexibility index (Phi) is 3.33. The van der Waals surface area contributed by atoms with Crippen LogP contribution in [0.4, 0.5) is 5.69 Å². The minimum absolute atomic E-state index is 0.106. The van der Waals surface area contributed by atoms with Crippen LogP contribution in [0.2, 0.25) is 0 Å². The third-order valence-electron chi connectivity index (χ3n) is 1.88. The van der Waals surface area contributed by atoms with Crippen LogP contribution in [0.1, 0.15) is 0 Å². The van der Waals surface area contributed by atoms with Gasteiger partial charge in [-0.3, -0.25) is 10.1 Å². The van der Waals surface area contributed by atoms with Crippen LogP contribution in [0.3, 0.4) is 0 Å². The van der Waals surface area contributed by atoms with E-state index in [-0.39, 0.29) is 16.4 Å². The summed E-state index contributed by atoms with van der Waals surface area (Å²) in [5.41, 5.74) is -0.541. The van der Waals surface area contributed by atoms with Crippen LogP contribution in [-0.4, -0.2) is 26.3 Å². The molecule has 0 saturated heterocycles. The van der Waals surface area contributed by atoms with Crippen molar-refractivity contribution in [2.45, 2.75) is 0 Å². The smallest absolute Gasteiger partial charge is 0.466 e. The Labute approximate surface area is 90.7 Å². The zero-order valence-corrected chi connectivity index (χ0v) is 8.92. The van der Waals surface area contributed by atoms with Gasteiger partial charge in [-0.25, -0.2) is 0 Å². The van der Waals surface area contributed by atoms with E-state index < -0.39 is 16.5 Å². The van der Waals surface area contributed by atoms with Gasteiger partial charge in [-0.15, -0.1) is 0 Å². The molecule has 0 aliphatic rings. The highest BCUT2D eigenvalue weighted by Gasteiger charge is 2.34. The minimum Gasteiger partial charge on any atom is -0.613 e. The second kappa shape index (κ2) is 4.51. The topological polar surface area (TPSA) is 97.8 Å². The Bertz CT molecular complexity index is 419. The number of hydrogen-bond acceptors (Lipinski definition) is 6. The summed E-state index contributed by atoms with van der Waals surface area (Å²) >= 11 is 0. The summed E-state index contributed by atoms with van der Waals surface area (Å²) in [6.07, 6.45) is 0. The molecule has 1 rings (SSSR count). The summed E-state index contributed by atoms with van der Waals surface area (Å²) in [7, 11) is 3.65. The first kappa shape index (κ1) is 11.8. The Hall–Kier alpha value is -2.25. The van der Waals surface area contributed by atoms with Gasteiger partial charge in [0.2, 0.25) is 5.75 Å². The fourth-order valence-corrected chi connectivity index (χ4v) is 1.19. The van der Waals surface area contributed by atoms with E-state index in [9.17, 15) is 15.3 Å². The molecule has 0 aromatic carbocycles. The molecule has 0 spiro atoms. The molecule has 1 aromatic rings. The van der Waals surface area contributed by atoms with Gasteiger partial charge in [-0.1, -0.05) is 4.73 Å². The third kappa shape index (κ3) is 1.76. The van der Waals surface area contributed by atoms with Crippen LogP contribution in [0.5, 0.6) is 17.5 Å². The van der Waals surface area contributed by atoms with Crippen LogP contribution in [0.15, 0.2) is 6.07 Å². The predicted octanol–water partition coefficient (Wildman–Crippen LogP) is 0.254. The lowest BCUT2D eigenvalue weighted by Gasteiger charge is -2.09. The molecule has 0 atom stereocenters. The van der Waals surface area contributed by atoms with E-state index >= 15 is 0 Å². The van der Waals surface area contributed by atoms with E-state index in [2.05, 4.69) is 4.74 Å². The van der Waals surface area contributed by atoms with Gasteiger partial charge in [0.05, 0.1) is 26.3 Å². The van der Waals surface area contributed by atoms with E-state index in [4.69, 9.17) is 9.47 Å². The van der Waals surface area contributed by atoms with E-state index in [1.165, 1.54) is 14.2 Å². The molecule has 0 unspecified atom stereocenters. The second-order valence-electron chi connectivity index (χ2n) is 2.66. The maximum absolute atomic E-state index is 11.5. The van der Waals surface area contributed by atoms with Crippen molar-refractivity contribution in [3.63, 3.8) is 0 Å². The quantitative estimate of drug-likeness (QED) is 0.318. The molecule has 0 saturated carbocycles. The first-order chi connectivity index (χ1) is 7.56. The van der Waals surface area contributed by atoms with Gasteiger partial charge in [-0.2, -0.15) is 0 Å². The molecule has 0 bridgehead atoms. The number of nitro groups is 1. The molecule has 1 heterocycles. The Morgan fingerprint density at radius 3 is 2.25 bits per heavy atom. The number of ether oxygens (including phenoxy) is 3. The highest BCUT2D eigenvalue weighted by molar-refractivity contribution is 5.52. The molecule has 0 fully saturated rings. The average molecular weight is 230 g/mol. The fourth-order valence-electron chi connectivity index (χ4n) is 1.19. The monoisotopic (exact) mass is 230 g/mol. The molecular weight excluding hydrogens is 220 g/mol. The molecule has 16 heavy (non-hydrogen) atoms. The molecule has 8 nitrogen and oxygen atoms in total. The van der Waals surface area contributed by atoms with Crippen molar-refractivity contribution in [1.29, 1.82) is 0 Å². The highest BCUT2D eigenvalue weighted by Crippen LogP contribution is 2.35. The summed E-state index contributed by atoms with van der Waals surface area (Å²) in [5, 5.41) is 22.3. The number of hydrogen-bond donors (Lipinski definition) is 0. The summed E-state index contributed by atoms with van der Waals surface area (Å²) in [5.74, 6) is -0.744. The van der Waals surface area contributed by atoms with E-state index in [1.54, 1.807) is 0 Å². The largest absolute Gasteiger partial charge is 0.613 e. The average Bonchev–Trinajstić information content (AvgIpc) is 2.27. The number of nitrogens with zero attached hydrogens (tertiary/aromatic N) is 2. The van der Waals surface area contributed by atoms with Crippen molar-refractivity contribution in [1.82, 2.24) is 0 Å². The Morgan fingerprint density at radius 1 is 1.25 bits per heavy atom. The van der Waals surface area contributed by atoms with Crippen molar-refractivity contribution in [2.24, 2.45) is 0 Å². The molecular formula is C8H10N2O6. The van der Waals surface area contributed by atoms with E-state index in [1.807, 2.05) is 0 Å². The zero-order valence-electron chi connectivity index (χ0n) is 8.92. The number of aromatic nitrogens is 1. The zero-order chi connectivity index (χ0) is 12.3. The van der Waals surface area contributed by atoms with Crippen LogP contribution in [0.25, 0.3) is 0 Å². The lowest BCUT2D eigenvalue weighted by molar-refractivity contribution is -0.622. The van der Waals surface area contributed by atoms with Gasteiger partial charge in [0.1, 0.15) is 6.07 Å². The lowest BCUT2D eigenvalue weighted by atomic mass is 10.3. The van der Waals surface area contributed by atoms with Gasteiger partial charge in [0.15, 0.2) is 0 Å². The fraction of sp³-hybridized carbons (Fsp3) is 0.375. The molecule has 88 valence electrons. The van der Waals surface area contributed by atoms with Crippen molar-refractivity contribution in [2.75, 3.05) is 21.3 Å². The summed E-state index contributed by atoms with van der Waals surface area (Å²) in [4.78, 5) is 10.0. The summed E-state index contributed by atoms with van der Waals surface area (Å²) in [6.45, 7) is 0. The second-order valence-corrected chi connectivity index (χ2v) is 2.66. The maximum atomic E-state index is 11.5. The molecule has 8 heteroatoms. The summed E-state index contributed by atoms with van der Waals surface area (Å²) < 4.78 is 14.4. The van der Waals surface area contributed by atoms with Gasteiger partial charge in [0.25, 0.3) is 0 Å². The van der Waals surface area contributed by atoms with Gasteiger partial charge in [0, 0.05) is 0 Å². The normalized spacial score (nSPS) is 9.69. The van der Waals surface area contributed by atoms with Crippen LogP contribution in [-0.2, 0) is 0 Å². The standard InChI is InChI=1S/C8H10N2O6/c1-14-5-4-6(15-2)9(11)8(16-3)7(5)10(12)13/h4H,1-3H3. The summed E-state index contributed by atoms with van der Waals surface area (Å²) in [6, 6.07) is 1.12. The van der Waals surface area contributed by atoms with E-state index in [0.717, 1.165) is 13.2 Å². The Balaban J connectivity index is 3.57. The predicted molar refractivity (Wildman–Crippen MR) is 51.7 cm³/mol. The van der Waals surface area contributed by atoms with Crippen LogP contribution < -0.4 is 18.9 Å². The number of rotatable bonds is 4. The van der Waals surface area contributed by atoms with Crippen molar-refractivity contribution < 1.29 is 23.9 Å². The number of pyridine rings is 1. The molecule has 0 N–H and O–H groups in total. The third-order valence-corrected chi connectivity index (χ3v) is 1.88. The minimum atomic E-state index is -0.758. The van der Waals surface area contributed by atoms with Crippen molar-refractivity contribution in [3.05, 3.63) is 21.4 Å². The molecule has 0 amide bonds. The van der Waals surface area contributed by atoms with Crippen molar-refractivity contribution >= 4 is 5.69 Å². The highest BCUT2D eigenvalue weighted by atomic mass is 16.6. The molecule has 0 aliphatic carbocycles. The van der Waals surface area contributed by atoms with Gasteiger partial charge < -0.3 is 19.4 Å². The van der Waals surface area contributed by atoms with Gasteiger partial charge >= 0.3 is 17.4 Å².